The van der Waals surface area contributed by atoms with Crippen molar-refractivity contribution in [3.63, 3.8) is 0 Å². The molecule has 6 nitrogen and oxygen atoms in total. The van der Waals surface area contributed by atoms with E-state index in [1.807, 2.05) is 133 Å². The molecule has 0 bridgehead atoms. The quantitative estimate of drug-likeness (QED) is 0.140. The van der Waals surface area contributed by atoms with Gasteiger partial charge in [-0.15, -0.1) is 0 Å². The summed E-state index contributed by atoms with van der Waals surface area (Å²) in [6.07, 6.45) is 3.53. The van der Waals surface area contributed by atoms with Crippen molar-refractivity contribution in [1.82, 2.24) is 9.80 Å². The van der Waals surface area contributed by atoms with Crippen molar-refractivity contribution >= 4 is 0 Å². The van der Waals surface area contributed by atoms with E-state index in [1.54, 1.807) is 7.11 Å². The number of aromatic hydroxyl groups is 1. The largest absolute Gasteiger partial charge is 0.507 e. The van der Waals surface area contributed by atoms with Gasteiger partial charge in [-0.25, -0.2) is 0 Å². The normalized spacial score (nSPS) is 18.9. The topological polar surface area (TPSA) is 76.4 Å². The van der Waals surface area contributed by atoms with Gasteiger partial charge < -0.3 is 20.1 Å². The van der Waals surface area contributed by atoms with Gasteiger partial charge in [0, 0.05) is 36.3 Å². The van der Waals surface area contributed by atoms with E-state index in [9.17, 15) is 15.3 Å². The molecule has 2 atom stereocenters. The van der Waals surface area contributed by atoms with E-state index in [0.717, 1.165) is 72.2 Å². The van der Waals surface area contributed by atoms with Crippen LogP contribution < -0.4 is 4.74 Å². The highest BCUT2D eigenvalue weighted by atomic mass is 16.5. The molecule has 0 unspecified atom stereocenters. The van der Waals surface area contributed by atoms with Crippen molar-refractivity contribution in [2.24, 2.45) is 0 Å². The van der Waals surface area contributed by atoms with Gasteiger partial charge in [-0.1, -0.05) is 121 Å². The molecule has 49 heavy (non-hydrogen) atoms. The summed E-state index contributed by atoms with van der Waals surface area (Å²) in [5.41, 5.74) is 2.52. The molecule has 5 aromatic rings. The minimum Gasteiger partial charge on any atom is -0.507 e. The summed E-state index contributed by atoms with van der Waals surface area (Å²) in [7, 11) is 1.66. The number of likely N-dealkylation sites (tertiary alicyclic amines) is 2. The third kappa shape index (κ3) is 6.26. The second kappa shape index (κ2) is 14.2. The lowest BCUT2D eigenvalue weighted by Gasteiger charge is -2.41. The fraction of sp³-hybridized carbons (Fsp3) is 0.302. The van der Waals surface area contributed by atoms with Gasteiger partial charge in [-0.2, -0.15) is 0 Å². The summed E-state index contributed by atoms with van der Waals surface area (Å²) in [6.45, 7) is 2.52. The Morgan fingerprint density at radius 2 is 0.898 bits per heavy atom. The molecule has 0 aliphatic carbocycles. The van der Waals surface area contributed by atoms with E-state index >= 15 is 0 Å². The Balaban J connectivity index is 1.21. The lowest BCUT2D eigenvalue weighted by Crippen LogP contribution is -2.48. The van der Waals surface area contributed by atoms with Crippen molar-refractivity contribution < 1.29 is 20.1 Å². The molecular weight excluding hydrogens is 608 g/mol. The molecule has 252 valence electrons. The molecule has 2 heterocycles. The molecule has 2 saturated heterocycles. The van der Waals surface area contributed by atoms with Crippen LogP contribution in [0, 0.1) is 0 Å². The van der Waals surface area contributed by atoms with E-state index in [4.69, 9.17) is 4.74 Å². The Morgan fingerprint density at radius 3 is 1.20 bits per heavy atom. The van der Waals surface area contributed by atoms with Crippen LogP contribution in [0.25, 0.3) is 0 Å². The van der Waals surface area contributed by atoms with E-state index < -0.39 is 11.2 Å². The third-order valence-electron chi connectivity index (χ3n) is 10.8. The first kappa shape index (κ1) is 33.1. The van der Waals surface area contributed by atoms with Gasteiger partial charge in [0.05, 0.1) is 7.11 Å². The predicted molar refractivity (Wildman–Crippen MR) is 193 cm³/mol. The highest BCUT2D eigenvalue weighted by Gasteiger charge is 2.47. The first-order valence-electron chi connectivity index (χ1n) is 17.5. The van der Waals surface area contributed by atoms with E-state index in [-0.39, 0.29) is 17.8 Å². The van der Waals surface area contributed by atoms with Crippen LogP contribution in [-0.4, -0.2) is 57.4 Å². The maximum absolute atomic E-state index is 12.7. The molecule has 0 spiro atoms. The van der Waals surface area contributed by atoms with E-state index in [2.05, 4.69) is 9.80 Å². The van der Waals surface area contributed by atoms with Gasteiger partial charge in [0.1, 0.15) is 22.7 Å². The molecule has 7 rings (SSSR count). The fourth-order valence-corrected chi connectivity index (χ4v) is 8.37. The highest BCUT2D eigenvalue weighted by Crippen LogP contribution is 2.44. The van der Waals surface area contributed by atoms with Crippen molar-refractivity contribution in [3.05, 3.63) is 167 Å². The Hall–Kier alpha value is -4.46. The molecule has 6 heteroatoms. The predicted octanol–water partition coefficient (Wildman–Crippen LogP) is 7.20. The molecule has 0 aromatic heterocycles. The summed E-state index contributed by atoms with van der Waals surface area (Å²) >= 11 is 0. The Labute approximate surface area is 289 Å². The molecule has 2 aliphatic heterocycles. The number of aliphatic hydroxyl groups is 2. The SMILES string of the molecule is COc1cc(CN2CCC[C@@H]2C(O)(c2ccccc2)c2ccccc2)c(O)c(CN2CCC[C@@H]2C(O)(c2ccccc2)c2ccccc2)c1. The average molecular weight is 655 g/mol. The highest BCUT2D eigenvalue weighted by molar-refractivity contribution is 5.47. The van der Waals surface area contributed by atoms with Crippen LogP contribution in [0.1, 0.15) is 59.1 Å². The number of phenolic OH excluding ortho intramolecular Hbond substituents is 1. The third-order valence-corrected chi connectivity index (χ3v) is 10.8. The van der Waals surface area contributed by atoms with Crippen LogP contribution in [0.3, 0.4) is 0 Å². The minimum atomic E-state index is -1.22. The molecule has 2 fully saturated rings. The zero-order valence-corrected chi connectivity index (χ0v) is 28.2. The number of hydrogen-bond donors (Lipinski definition) is 3. The van der Waals surface area contributed by atoms with Crippen LogP contribution in [-0.2, 0) is 24.3 Å². The second-order valence-corrected chi connectivity index (χ2v) is 13.5. The van der Waals surface area contributed by atoms with Crippen LogP contribution in [0.2, 0.25) is 0 Å². The smallest absolute Gasteiger partial charge is 0.130 e. The van der Waals surface area contributed by atoms with Crippen LogP contribution in [0.15, 0.2) is 133 Å². The molecule has 0 amide bonds. The Bertz CT molecular complexity index is 1610. The summed E-state index contributed by atoms with van der Waals surface area (Å²) < 4.78 is 5.80. The second-order valence-electron chi connectivity index (χ2n) is 13.5. The average Bonchev–Trinajstić information content (AvgIpc) is 3.84. The molecule has 3 N–H and O–H groups in total. The van der Waals surface area contributed by atoms with Gasteiger partial charge in [-0.3, -0.25) is 9.80 Å². The van der Waals surface area contributed by atoms with Crippen molar-refractivity contribution in [2.45, 2.75) is 62.1 Å². The Morgan fingerprint density at radius 1 is 0.571 bits per heavy atom. The maximum Gasteiger partial charge on any atom is 0.130 e. The number of methoxy groups -OCH3 is 1. The van der Waals surface area contributed by atoms with Crippen LogP contribution in [0.5, 0.6) is 11.5 Å². The number of nitrogens with zero attached hydrogens (tertiary/aromatic N) is 2. The number of hydrogen-bond acceptors (Lipinski definition) is 6. The number of rotatable bonds is 11. The van der Waals surface area contributed by atoms with Crippen LogP contribution >= 0.6 is 0 Å². The van der Waals surface area contributed by atoms with E-state index in [0.29, 0.717) is 18.8 Å². The van der Waals surface area contributed by atoms with Gasteiger partial charge >= 0.3 is 0 Å². The lowest BCUT2D eigenvalue weighted by atomic mass is 9.79. The summed E-state index contributed by atoms with van der Waals surface area (Å²) in [5, 5.41) is 37.2. The maximum atomic E-state index is 12.7. The number of ether oxygens (including phenoxy) is 1. The molecular formula is C43H46N2O4. The molecule has 0 radical (unpaired) electrons. The fourth-order valence-electron chi connectivity index (χ4n) is 8.37. The van der Waals surface area contributed by atoms with Crippen LogP contribution in [0.4, 0.5) is 0 Å². The number of phenols is 1. The standard InChI is InChI=1S/C43H46N2O4/c1-49-38-28-32(30-44-26-14-24-39(44)42(47,34-16-6-2-7-17-34)35-18-8-3-9-19-35)41(46)33(29-38)31-45-27-15-25-40(45)43(48,36-20-10-4-11-21-36)37-22-12-5-13-23-37/h2-13,16-23,28-29,39-40,46-48H,14-15,24-27,30-31H2,1H3/t39-,40-/m1/s1. The van der Waals surface area contributed by atoms with Crippen molar-refractivity contribution in [2.75, 3.05) is 20.2 Å². The lowest BCUT2D eigenvalue weighted by molar-refractivity contribution is -0.00736. The summed E-state index contributed by atoms with van der Waals surface area (Å²) in [5.74, 6) is 0.917. The van der Waals surface area contributed by atoms with Gasteiger partial charge in [-0.05, 0) is 73.2 Å². The van der Waals surface area contributed by atoms with Crippen molar-refractivity contribution in [3.8, 4) is 11.5 Å². The van der Waals surface area contributed by atoms with Gasteiger partial charge in [0.25, 0.3) is 0 Å². The monoisotopic (exact) mass is 654 g/mol. The first-order chi connectivity index (χ1) is 23.9. The zero-order chi connectivity index (χ0) is 33.8. The minimum absolute atomic E-state index is 0.193. The Kier molecular flexibility index (Phi) is 9.57. The summed E-state index contributed by atoms with van der Waals surface area (Å²) in [4.78, 5) is 4.61. The van der Waals surface area contributed by atoms with Gasteiger partial charge in [0.15, 0.2) is 0 Å². The first-order valence-corrected chi connectivity index (χ1v) is 17.5. The zero-order valence-electron chi connectivity index (χ0n) is 28.2. The van der Waals surface area contributed by atoms with E-state index in [1.165, 1.54) is 0 Å². The molecule has 0 saturated carbocycles. The molecule has 5 aromatic carbocycles. The van der Waals surface area contributed by atoms with Gasteiger partial charge in [0.2, 0.25) is 0 Å². The van der Waals surface area contributed by atoms with Crippen molar-refractivity contribution in [1.29, 1.82) is 0 Å². The molecule has 2 aliphatic rings. The number of benzene rings is 5. The summed E-state index contributed by atoms with van der Waals surface area (Å²) in [6, 6.07) is 43.2.